The second kappa shape index (κ2) is 8.14. The molecule has 4 aromatic rings. The highest BCUT2D eigenvalue weighted by molar-refractivity contribution is 5.99. The fourth-order valence-electron chi connectivity index (χ4n) is 3.39. The van der Waals surface area contributed by atoms with Crippen molar-refractivity contribution in [3.8, 4) is 0 Å². The second-order valence-corrected chi connectivity index (χ2v) is 6.85. The van der Waals surface area contributed by atoms with Gasteiger partial charge in [0.2, 0.25) is 0 Å². The molecule has 2 aromatic heterocycles. The number of anilines is 1. The largest absolute Gasteiger partial charge is 0.399 e. The number of hydrogen-bond donors (Lipinski definition) is 2. The number of fused-ring (bicyclic) bond motifs is 1. The molecule has 0 aliphatic carbocycles. The molecular weight excluding hydrogens is 367 g/mol. The molecule has 0 atom stereocenters. The maximum absolute atomic E-state index is 14.2. The standard InChI is InChI=1S/C23H21FN4O/c24-20-7-2-1-5-16(20)15-28-21-9-8-18(25)13-17(21)14-22(28)23(29)27-12-10-19-6-3-4-11-26-19/h1-9,11,13-14H,10,12,15,25H2,(H,27,29). The van der Waals surface area contributed by atoms with Crippen LogP contribution in [0.2, 0.25) is 0 Å². The summed E-state index contributed by atoms with van der Waals surface area (Å²) in [4.78, 5) is 17.2. The Morgan fingerprint density at radius 3 is 2.69 bits per heavy atom. The minimum atomic E-state index is -0.300. The van der Waals surface area contributed by atoms with Crippen molar-refractivity contribution in [2.45, 2.75) is 13.0 Å². The SMILES string of the molecule is Nc1ccc2c(c1)cc(C(=O)NCCc1ccccn1)n2Cc1ccccc1F. The summed E-state index contributed by atoms with van der Waals surface area (Å²) in [6, 6.07) is 19.5. The Morgan fingerprint density at radius 1 is 1.07 bits per heavy atom. The molecule has 0 saturated heterocycles. The van der Waals surface area contributed by atoms with E-state index in [1.165, 1.54) is 6.07 Å². The third-order valence-corrected chi connectivity index (χ3v) is 4.84. The van der Waals surface area contributed by atoms with Gasteiger partial charge in [-0.1, -0.05) is 24.3 Å². The lowest BCUT2D eigenvalue weighted by Gasteiger charge is -2.12. The summed E-state index contributed by atoms with van der Waals surface area (Å²) < 4.78 is 16.1. The van der Waals surface area contributed by atoms with Crippen LogP contribution in [-0.4, -0.2) is 22.0 Å². The highest BCUT2D eigenvalue weighted by atomic mass is 19.1. The molecule has 6 heteroatoms. The number of aromatic nitrogens is 2. The van der Waals surface area contributed by atoms with Gasteiger partial charge in [-0.25, -0.2) is 4.39 Å². The van der Waals surface area contributed by atoms with Crippen LogP contribution in [0.4, 0.5) is 10.1 Å². The first-order valence-corrected chi connectivity index (χ1v) is 9.42. The Bertz CT molecular complexity index is 1150. The van der Waals surface area contributed by atoms with Crippen LogP contribution in [0.25, 0.3) is 10.9 Å². The van der Waals surface area contributed by atoms with E-state index in [-0.39, 0.29) is 18.3 Å². The number of rotatable bonds is 6. The van der Waals surface area contributed by atoms with Crippen LogP contribution in [-0.2, 0) is 13.0 Å². The van der Waals surface area contributed by atoms with Crippen LogP contribution in [0.5, 0.6) is 0 Å². The smallest absolute Gasteiger partial charge is 0.267 e. The van der Waals surface area contributed by atoms with E-state index in [0.717, 1.165) is 16.6 Å². The molecule has 3 N–H and O–H groups in total. The molecule has 0 aliphatic rings. The molecule has 0 unspecified atom stereocenters. The first-order chi connectivity index (χ1) is 14.1. The summed E-state index contributed by atoms with van der Waals surface area (Å²) in [6.07, 6.45) is 2.36. The Hall–Kier alpha value is -3.67. The van der Waals surface area contributed by atoms with Crippen LogP contribution < -0.4 is 11.1 Å². The van der Waals surface area contributed by atoms with Gasteiger partial charge in [0.15, 0.2) is 0 Å². The monoisotopic (exact) mass is 388 g/mol. The summed E-state index contributed by atoms with van der Waals surface area (Å²) >= 11 is 0. The lowest BCUT2D eigenvalue weighted by atomic mass is 10.2. The van der Waals surface area contributed by atoms with Crippen LogP contribution in [0.1, 0.15) is 21.7 Å². The fourth-order valence-corrected chi connectivity index (χ4v) is 3.39. The van der Waals surface area contributed by atoms with E-state index in [4.69, 9.17) is 5.73 Å². The van der Waals surface area contributed by atoms with Crippen LogP contribution in [0, 0.1) is 5.82 Å². The zero-order valence-corrected chi connectivity index (χ0v) is 15.8. The third-order valence-electron chi connectivity index (χ3n) is 4.84. The number of halogens is 1. The third kappa shape index (κ3) is 4.11. The topological polar surface area (TPSA) is 72.9 Å². The number of nitrogen functional groups attached to an aromatic ring is 1. The lowest BCUT2D eigenvalue weighted by molar-refractivity contribution is 0.0945. The number of nitrogens with zero attached hydrogens (tertiary/aromatic N) is 2. The fraction of sp³-hybridized carbons (Fsp3) is 0.130. The maximum atomic E-state index is 14.2. The van der Waals surface area contributed by atoms with Crippen molar-refractivity contribution in [1.29, 1.82) is 0 Å². The van der Waals surface area contributed by atoms with E-state index in [1.807, 2.05) is 34.9 Å². The van der Waals surface area contributed by atoms with Gasteiger partial charge in [0.25, 0.3) is 5.91 Å². The van der Waals surface area contributed by atoms with Crippen molar-refractivity contribution >= 4 is 22.5 Å². The minimum absolute atomic E-state index is 0.216. The summed E-state index contributed by atoms with van der Waals surface area (Å²) in [5.74, 6) is -0.515. The summed E-state index contributed by atoms with van der Waals surface area (Å²) in [6.45, 7) is 0.711. The van der Waals surface area contributed by atoms with Crippen molar-refractivity contribution in [1.82, 2.24) is 14.9 Å². The number of benzene rings is 2. The van der Waals surface area contributed by atoms with Gasteiger partial charge in [-0.05, 0) is 42.5 Å². The maximum Gasteiger partial charge on any atom is 0.267 e. The van der Waals surface area contributed by atoms with Crippen molar-refractivity contribution < 1.29 is 9.18 Å². The van der Waals surface area contributed by atoms with E-state index in [2.05, 4.69) is 10.3 Å². The normalized spacial score (nSPS) is 10.9. The number of nitrogens with one attached hydrogen (secondary N) is 1. The van der Waals surface area contributed by atoms with Crippen LogP contribution in [0.15, 0.2) is 72.9 Å². The summed E-state index contributed by atoms with van der Waals surface area (Å²) in [5.41, 5.74) is 9.24. The Kier molecular flexibility index (Phi) is 5.24. The second-order valence-electron chi connectivity index (χ2n) is 6.85. The first kappa shape index (κ1) is 18.7. The van der Waals surface area contributed by atoms with Gasteiger partial charge in [0, 0.05) is 47.0 Å². The zero-order chi connectivity index (χ0) is 20.2. The first-order valence-electron chi connectivity index (χ1n) is 9.42. The van der Waals surface area contributed by atoms with Gasteiger partial charge in [-0.3, -0.25) is 9.78 Å². The summed E-state index contributed by atoms with van der Waals surface area (Å²) in [7, 11) is 0. The Morgan fingerprint density at radius 2 is 1.90 bits per heavy atom. The van der Waals surface area contributed by atoms with E-state index in [1.54, 1.807) is 36.5 Å². The van der Waals surface area contributed by atoms with Crippen molar-refractivity contribution in [2.75, 3.05) is 12.3 Å². The molecule has 0 fully saturated rings. The van der Waals surface area contributed by atoms with Gasteiger partial charge in [-0.2, -0.15) is 0 Å². The number of carbonyl (C=O) groups excluding carboxylic acids is 1. The van der Waals surface area contributed by atoms with E-state index < -0.39 is 0 Å². The van der Waals surface area contributed by atoms with Crippen molar-refractivity contribution in [3.63, 3.8) is 0 Å². The van der Waals surface area contributed by atoms with Crippen molar-refractivity contribution in [2.24, 2.45) is 0 Å². The molecule has 5 nitrogen and oxygen atoms in total. The minimum Gasteiger partial charge on any atom is -0.399 e. The molecule has 29 heavy (non-hydrogen) atoms. The highest BCUT2D eigenvalue weighted by Gasteiger charge is 2.17. The van der Waals surface area contributed by atoms with Gasteiger partial charge >= 0.3 is 0 Å². The molecule has 0 bridgehead atoms. The number of carbonyl (C=O) groups is 1. The highest BCUT2D eigenvalue weighted by Crippen LogP contribution is 2.24. The zero-order valence-electron chi connectivity index (χ0n) is 15.8. The molecule has 2 heterocycles. The number of pyridine rings is 1. The lowest BCUT2D eigenvalue weighted by Crippen LogP contribution is -2.28. The van der Waals surface area contributed by atoms with Gasteiger partial charge in [0.1, 0.15) is 11.5 Å². The molecule has 2 aromatic carbocycles. The van der Waals surface area contributed by atoms with E-state index in [9.17, 15) is 9.18 Å². The number of nitrogens with two attached hydrogens (primary N) is 1. The molecule has 0 aliphatic heterocycles. The molecular formula is C23H21FN4O. The molecule has 1 amide bonds. The van der Waals surface area contributed by atoms with Crippen LogP contribution in [0.3, 0.4) is 0 Å². The van der Waals surface area contributed by atoms with Gasteiger partial charge < -0.3 is 15.6 Å². The molecule has 4 rings (SSSR count). The molecule has 0 saturated carbocycles. The predicted octanol–water partition coefficient (Wildman–Crippen LogP) is 3.78. The Labute approximate surface area is 168 Å². The Balaban J connectivity index is 1.62. The van der Waals surface area contributed by atoms with Gasteiger partial charge in [-0.15, -0.1) is 0 Å². The van der Waals surface area contributed by atoms with E-state index in [0.29, 0.717) is 29.9 Å². The average molecular weight is 388 g/mol. The molecule has 0 radical (unpaired) electrons. The molecule has 0 spiro atoms. The molecule has 146 valence electrons. The number of amides is 1. The average Bonchev–Trinajstić information content (AvgIpc) is 3.08. The van der Waals surface area contributed by atoms with Crippen LogP contribution >= 0.6 is 0 Å². The predicted molar refractivity (Wildman–Crippen MR) is 112 cm³/mol. The quantitative estimate of drug-likeness (QED) is 0.494. The van der Waals surface area contributed by atoms with Crippen molar-refractivity contribution in [3.05, 3.63) is 95.7 Å². The number of hydrogen-bond acceptors (Lipinski definition) is 3. The van der Waals surface area contributed by atoms with Gasteiger partial charge in [0.05, 0.1) is 6.54 Å². The van der Waals surface area contributed by atoms with E-state index >= 15 is 0 Å². The summed E-state index contributed by atoms with van der Waals surface area (Å²) in [5, 5.41) is 3.78.